The lowest BCUT2D eigenvalue weighted by atomic mass is 9.98. The second-order valence-electron chi connectivity index (χ2n) is 6.96. The first-order chi connectivity index (χ1) is 10.7. The van der Waals surface area contributed by atoms with Gasteiger partial charge in [-0.25, -0.2) is 0 Å². The number of nitrogens with zero attached hydrogens (tertiary/aromatic N) is 2. The topological polar surface area (TPSA) is 23.6 Å². The number of hydrogen-bond donors (Lipinski definition) is 0. The Hall–Kier alpha value is -0.870. The summed E-state index contributed by atoms with van der Waals surface area (Å²) in [7, 11) is 0. The highest BCUT2D eigenvalue weighted by molar-refractivity contribution is 7.12. The van der Waals surface area contributed by atoms with Crippen LogP contribution in [0.25, 0.3) is 0 Å². The molecule has 1 aromatic rings. The summed E-state index contributed by atoms with van der Waals surface area (Å²) in [4.78, 5) is 18.5. The van der Waals surface area contributed by atoms with Gasteiger partial charge in [0.2, 0.25) is 0 Å². The minimum absolute atomic E-state index is 0.257. The van der Waals surface area contributed by atoms with Crippen molar-refractivity contribution >= 4 is 17.2 Å². The van der Waals surface area contributed by atoms with Crippen molar-refractivity contribution in [2.75, 3.05) is 26.2 Å². The molecule has 3 nitrogen and oxygen atoms in total. The van der Waals surface area contributed by atoms with E-state index in [0.29, 0.717) is 6.04 Å². The average molecular weight is 321 g/mol. The Morgan fingerprint density at radius 1 is 1.18 bits per heavy atom. The lowest BCUT2D eigenvalue weighted by molar-refractivity contribution is 0.0610. The molecule has 0 spiro atoms. The number of rotatable bonds is 3. The Kier molecular flexibility index (Phi) is 5.53. The molecule has 122 valence electrons. The van der Waals surface area contributed by atoms with Crippen molar-refractivity contribution in [3.63, 3.8) is 0 Å². The third-order valence-corrected chi connectivity index (χ3v) is 6.07. The average Bonchev–Trinajstić information content (AvgIpc) is 2.97. The quantitative estimate of drug-likeness (QED) is 0.844. The molecule has 2 aliphatic rings. The first-order valence-corrected chi connectivity index (χ1v) is 9.69. The predicted molar refractivity (Wildman–Crippen MR) is 92.4 cm³/mol. The van der Waals surface area contributed by atoms with Gasteiger partial charge in [-0.3, -0.25) is 4.79 Å². The van der Waals surface area contributed by atoms with E-state index in [1.54, 1.807) is 11.3 Å². The fraction of sp³-hybridized carbons (Fsp3) is 0.722. The summed E-state index contributed by atoms with van der Waals surface area (Å²) in [6.07, 6.45) is 7.48. The molecule has 3 rings (SSSR count). The summed E-state index contributed by atoms with van der Waals surface area (Å²) >= 11 is 1.58. The van der Waals surface area contributed by atoms with Gasteiger partial charge in [-0.05, 0) is 56.1 Å². The van der Waals surface area contributed by atoms with Crippen LogP contribution in [0.15, 0.2) is 17.5 Å². The van der Waals surface area contributed by atoms with Crippen LogP contribution >= 0.6 is 11.3 Å². The first-order valence-electron chi connectivity index (χ1n) is 8.81. The van der Waals surface area contributed by atoms with Crippen LogP contribution < -0.4 is 0 Å². The fourth-order valence-corrected chi connectivity index (χ4v) is 4.40. The van der Waals surface area contributed by atoms with E-state index >= 15 is 0 Å². The van der Waals surface area contributed by atoms with Crippen molar-refractivity contribution in [1.29, 1.82) is 0 Å². The largest absolute Gasteiger partial charge is 0.334 e. The normalized spacial score (nSPS) is 25.1. The third-order valence-electron chi connectivity index (χ3n) is 5.22. The van der Waals surface area contributed by atoms with E-state index in [1.807, 2.05) is 17.5 Å². The van der Waals surface area contributed by atoms with Crippen LogP contribution in [0.4, 0.5) is 0 Å². The minimum Gasteiger partial charge on any atom is -0.334 e. The van der Waals surface area contributed by atoms with Crippen LogP contribution in [0, 0.1) is 5.92 Å². The fourth-order valence-electron chi connectivity index (χ4n) is 3.72. The Bertz CT molecular complexity index is 465. The van der Waals surface area contributed by atoms with Gasteiger partial charge in [-0.15, -0.1) is 11.3 Å². The molecular weight excluding hydrogens is 292 g/mol. The maximum Gasteiger partial charge on any atom is 0.264 e. The van der Waals surface area contributed by atoms with Crippen LogP contribution in [-0.2, 0) is 0 Å². The number of carbonyl (C=O) groups excluding carboxylic acids is 1. The van der Waals surface area contributed by atoms with Crippen molar-refractivity contribution in [3.05, 3.63) is 22.4 Å². The first kappa shape index (κ1) is 16.0. The maximum absolute atomic E-state index is 12.8. The van der Waals surface area contributed by atoms with Gasteiger partial charge < -0.3 is 9.80 Å². The number of thiophene rings is 1. The van der Waals surface area contributed by atoms with E-state index in [0.717, 1.165) is 30.3 Å². The number of likely N-dealkylation sites (tertiary alicyclic amines) is 2. The molecule has 3 heterocycles. The molecule has 0 radical (unpaired) electrons. The van der Waals surface area contributed by atoms with Gasteiger partial charge in [-0.1, -0.05) is 25.8 Å². The lowest BCUT2D eigenvalue weighted by Gasteiger charge is -2.37. The Balaban J connectivity index is 1.66. The summed E-state index contributed by atoms with van der Waals surface area (Å²) < 4.78 is 0. The standard InChI is InChI=1S/C18H28N2OS/c1-15-8-11-19(12-9-15)14-16-6-3-2-4-10-20(16)18(21)17-7-5-13-22-17/h5,7,13,15-16H,2-4,6,8-12,14H2,1H3. The van der Waals surface area contributed by atoms with Gasteiger partial charge in [0.05, 0.1) is 4.88 Å². The molecule has 0 bridgehead atoms. The van der Waals surface area contributed by atoms with E-state index in [1.165, 1.54) is 45.2 Å². The molecule has 0 N–H and O–H groups in total. The van der Waals surface area contributed by atoms with Gasteiger partial charge in [0.1, 0.15) is 0 Å². The molecule has 1 aromatic heterocycles. The molecule has 1 unspecified atom stereocenters. The van der Waals surface area contributed by atoms with E-state index in [9.17, 15) is 4.79 Å². The van der Waals surface area contributed by atoms with Gasteiger partial charge in [-0.2, -0.15) is 0 Å². The van der Waals surface area contributed by atoms with Crippen LogP contribution in [0.5, 0.6) is 0 Å². The van der Waals surface area contributed by atoms with E-state index in [-0.39, 0.29) is 5.91 Å². The van der Waals surface area contributed by atoms with Crippen molar-refractivity contribution < 1.29 is 4.79 Å². The van der Waals surface area contributed by atoms with Gasteiger partial charge in [0, 0.05) is 19.1 Å². The van der Waals surface area contributed by atoms with Crippen molar-refractivity contribution in [3.8, 4) is 0 Å². The van der Waals surface area contributed by atoms with Crippen LogP contribution in [0.3, 0.4) is 0 Å². The zero-order valence-electron chi connectivity index (χ0n) is 13.7. The third kappa shape index (κ3) is 3.90. The van der Waals surface area contributed by atoms with E-state index in [2.05, 4.69) is 16.7 Å². The molecule has 22 heavy (non-hydrogen) atoms. The van der Waals surface area contributed by atoms with Crippen LogP contribution in [0.2, 0.25) is 0 Å². The molecule has 0 aromatic carbocycles. The second kappa shape index (κ2) is 7.60. The summed E-state index contributed by atoms with van der Waals surface area (Å²) in [6, 6.07) is 4.36. The summed E-state index contributed by atoms with van der Waals surface area (Å²) in [6.45, 7) is 6.78. The Labute approximate surface area is 138 Å². The molecule has 0 saturated carbocycles. The molecule has 4 heteroatoms. The molecular formula is C18H28N2OS. The van der Waals surface area contributed by atoms with Crippen molar-refractivity contribution in [1.82, 2.24) is 9.80 Å². The zero-order valence-corrected chi connectivity index (χ0v) is 14.5. The number of amides is 1. The Morgan fingerprint density at radius 3 is 2.73 bits per heavy atom. The molecule has 0 aliphatic carbocycles. The minimum atomic E-state index is 0.257. The predicted octanol–water partition coefficient (Wildman–Crippen LogP) is 3.86. The molecule has 1 amide bonds. The maximum atomic E-state index is 12.8. The van der Waals surface area contributed by atoms with Gasteiger partial charge >= 0.3 is 0 Å². The van der Waals surface area contributed by atoms with E-state index < -0.39 is 0 Å². The molecule has 2 fully saturated rings. The van der Waals surface area contributed by atoms with Gasteiger partial charge in [0.25, 0.3) is 5.91 Å². The van der Waals surface area contributed by atoms with Crippen molar-refractivity contribution in [2.24, 2.45) is 5.92 Å². The highest BCUT2D eigenvalue weighted by Gasteiger charge is 2.29. The number of carbonyl (C=O) groups is 1. The molecule has 1 atom stereocenters. The lowest BCUT2D eigenvalue weighted by Crippen LogP contribution is -2.48. The smallest absolute Gasteiger partial charge is 0.264 e. The highest BCUT2D eigenvalue weighted by Crippen LogP contribution is 2.24. The van der Waals surface area contributed by atoms with Crippen LogP contribution in [0.1, 0.15) is 55.1 Å². The monoisotopic (exact) mass is 320 g/mol. The Morgan fingerprint density at radius 2 is 2.00 bits per heavy atom. The highest BCUT2D eigenvalue weighted by atomic mass is 32.1. The summed E-state index contributed by atoms with van der Waals surface area (Å²) in [5, 5.41) is 2.01. The molecule has 2 saturated heterocycles. The van der Waals surface area contributed by atoms with Crippen molar-refractivity contribution in [2.45, 2.75) is 51.5 Å². The summed E-state index contributed by atoms with van der Waals surface area (Å²) in [5.41, 5.74) is 0. The summed E-state index contributed by atoms with van der Waals surface area (Å²) in [5.74, 6) is 1.13. The number of hydrogen-bond acceptors (Lipinski definition) is 3. The second-order valence-corrected chi connectivity index (χ2v) is 7.91. The van der Waals surface area contributed by atoms with Crippen LogP contribution in [-0.4, -0.2) is 47.9 Å². The SMILES string of the molecule is CC1CCN(CC2CCCCCN2C(=O)c2cccs2)CC1. The van der Waals surface area contributed by atoms with E-state index in [4.69, 9.17) is 0 Å². The zero-order chi connectivity index (χ0) is 15.4. The van der Waals surface area contributed by atoms with Gasteiger partial charge in [0.15, 0.2) is 0 Å². The number of piperidine rings is 1. The molecule has 2 aliphatic heterocycles.